The molecule has 2 aliphatic carbocycles. The van der Waals surface area contributed by atoms with Gasteiger partial charge in [-0.1, -0.05) is 23.7 Å². The first-order valence-electron chi connectivity index (χ1n) is 10.6. The third-order valence-corrected chi connectivity index (χ3v) is 6.95. The molecule has 1 unspecified atom stereocenters. The van der Waals surface area contributed by atoms with E-state index in [1.165, 1.54) is 0 Å². The molecule has 5 rings (SSSR count). The maximum absolute atomic E-state index is 13.0. The number of nitrogens with zero attached hydrogens (tertiary/aromatic N) is 4. The first-order chi connectivity index (χ1) is 14.9. The fourth-order valence-electron chi connectivity index (χ4n) is 4.40. The number of halogens is 1. The zero-order chi connectivity index (χ0) is 21.8. The van der Waals surface area contributed by atoms with Gasteiger partial charge in [0.05, 0.1) is 17.4 Å². The van der Waals surface area contributed by atoms with Crippen LogP contribution in [0.5, 0.6) is 0 Å². The molecule has 1 aromatic carbocycles. The average molecular weight is 441 g/mol. The molecule has 1 atom stereocenters. The summed E-state index contributed by atoms with van der Waals surface area (Å²) >= 11 is 6.62. The first-order valence-corrected chi connectivity index (χ1v) is 11.0. The minimum Gasteiger partial charge on any atom is -0.380 e. The van der Waals surface area contributed by atoms with Crippen molar-refractivity contribution >= 4 is 34.4 Å². The van der Waals surface area contributed by atoms with Gasteiger partial charge in [-0.3, -0.25) is 9.59 Å². The number of aromatic nitrogens is 2. The van der Waals surface area contributed by atoms with Gasteiger partial charge in [-0.05, 0) is 43.0 Å². The Labute approximate surface area is 185 Å². The number of imidazole rings is 1. The number of piperazine rings is 1. The van der Waals surface area contributed by atoms with Crippen LogP contribution in [0.4, 0.5) is 0 Å². The Bertz CT molecular complexity index is 1120. The van der Waals surface area contributed by atoms with Crippen molar-refractivity contribution in [2.45, 2.75) is 30.8 Å². The summed E-state index contributed by atoms with van der Waals surface area (Å²) in [6.45, 7) is 1.82. The van der Waals surface area contributed by atoms with Crippen LogP contribution in [0.15, 0.2) is 47.3 Å². The Balaban J connectivity index is 1.24. The van der Waals surface area contributed by atoms with Gasteiger partial charge in [-0.25, -0.2) is 4.98 Å². The van der Waals surface area contributed by atoms with Crippen LogP contribution in [0.3, 0.4) is 0 Å². The highest BCUT2D eigenvalue weighted by molar-refractivity contribution is 6.31. The van der Waals surface area contributed by atoms with Crippen LogP contribution >= 0.6 is 11.6 Å². The summed E-state index contributed by atoms with van der Waals surface area (Å²) in [4.78, 5) is 33.1. The van der Waals surface area contributed by atoms with E-state index < -0.39 is 5.60 Å². The summed E-state index contributed by atoms with van der Waals surface area (Å²) in [5, 5.41) is 10.7. The van der Waals surface area contributed by atoms with Gasteiger partial charge in [0.2, 0.25) is 0 Å². The molecule has 1 aromatic heterocycles. The summed E-state index contributed by atoms with van der Waals surface area (Å²) < 4.78 is 1.98. The van der Waals surface area contributed by atoms with Gasteiger partial charge < -0.3 is 19.5 Å². The summed E-state index contributed by atoms with van der Waals surface area (Å²) in [7, 11) is 1.96. The molecule has 2 fully saturated rings. The van der Waals surface area contributed by atoms with Crippen molar-refractivity contribution in [3.8, 4) is 0 Å². The number of benzene rings is 1. The maximum atomic E-state index is 13.0. The Kier molecular flexibility index (Phi) is 4.90. The second kappa shape index (κ2) is 7.50. The van der Waals surface area contributed by atoms with Crippen LogP contribution in [-0.4, -0.2) is 68.1 Å². The summed E-state index contributed by atoms with van der Waals surface area (Å²) in [6, 6.07) is 6.17. The maximum Gasteiger partial charge on any atom is 0.254 e. The molecular formula is C23H25ClN4O3. The van der Waals surface area contributed by atoms with Crippen LogP contribution in [-0.2, 0) is 16.6 Å². The zero-order valence-corrected chi connectivity index (χ0v) is 18.2. The lowest BCUT2D eigenvalue weighted by Crippen LogP contribution is -2.53. The monoisotopic (exact) mass is 440 g/mol. The Morgan fingerprint density at radius 3 is 2.55 bits per heavy atom. The molecule has 1 saturated heterocycles. The number of hydrogen-bond donors (Lipinski definition) is 1. The van der Waals surface area contributed by atoms with Gasteiger partial charge in [-0.15, -0.1) is 0 Å². The zero-order valence-electron chi connectivity index (χ0n) is 17.4. The van der Waals surface area contributed by atoms with Crippen molar-refractivity contribution in [2.75, 3.05) is 26.2 Å². The molecule has 0 radical (unpaired) electrons. The molecule has 162 valence electrons. The standard InChI is InChI=1S/C23H25ClN4O3/c1-26-14-25-19-13-15(3-5-20(19)26)17-4-2-16(12-18(17)24)21(29)27-8-10-28(11-9-27)22(30)23(31)6-7-23/h2-3,5,12-14,17,31H,4,6-11H2,1H3. The van der Waals surface area contributed by atoms with Gasteiger partial charge in [0, 0.05) is 49.7 Å². The van der Waals surface area contributed by atoms with Crippen molar-refractivity contribution in [3.63, 3.8) is 0 Å². The normalized spacial score (nSPS) is 22.9. The molecule has 7 nitrogen and oxygen atoms in total. The van der Waals surface area contributed by atoms with E-state index in [0.29, 0.717) is 56.0 Å². The smallest absolute Gasteiger partial charge is 0.254 e. The van der Waals surface area contributed by atoms with Crippen LogP contribution in [0.1, 0.15) is 30.7 Å². The van der Waals surface area contributed by atoms with Crippen LogP contribution in [0.2, 0.25) is 0 Å². The number of hydrogen-bond acceptors (Lipinski definition) is 4. The molecule has 2 amide bonds. The largest absolute Gasteiger partial charge is 0.380 e. The Morgan fingerprint density at radius 1 is 1.16 bits per heavy atom. The molecule has 3 aliphatic rings. The third kappa shape index (κ3) is 3.66. The lowest BCUT2D eigenvalue weighted by atomic mass is 9.89. The van der Waals surface area contributed by atoms with E-state index in [9.17, 15) is 14.7 Å². The number of aryl methyl sites for hydroxylation is 1. The van der Waals surface area contributed by atoms with E-state index in [1.807, 2.05) is 23.8 Å². The highest BCUT2D eigenvalue weighted by atomic mass is 35.5. The van der Waals surface area contributed by atoms with Crippen molar-refractivity contribution in [1.29, 1.82) is 0 Å². The van der Waals surface area contributed by atoms with Gasteiger partial charge >= 0.3 is 0 Å². The fourth-order valence-corrected chi connectivity index (χ4v) is 4.73. The summed E-state index contributed by atoms with van der Waals surface area (Å²) in [5.74, 6) is -0.250. The molecule has 0 bridgehead atoms. The number of rotatable bonds is 3. The number of carbonyl (C=O) groups is 2. The minimum absolute atomic E-state index is 0.0124. The van der Waals surface area contributed by atoms with E-state index in [4.69, 9.17) is 11.6 Å². The van der Waals surface area contributed by atoms with E-state index in [1.54, 1.807) is 22.2 Å². The van der Waals surface area contributed by atoms with Crippen LogP contribution in [0.25, 0.3) is 11.0 Å². The van der Waals surface area contributed by atoms with Crippen LogP contribution in [0, 0.1) is 0 Å². The Morgan fingerprint density at radius 2 is 1.87 bits per heavy atom. The molecule has 1 aliphatic heterocycles. The van der Waals surface area contributed by atoms with Crippen molar-refractivity contribution < 1.29 is 14.7 Å². The molecule has 1 saturated carbocycles. The van der Waals surface area contributed by atoms with Gasteiger partial charge in [0.15, 0.2) is 0 Å². The van der Waals surface area contributed by atoms with Crippen molar-refractivity contribution in [3.05, 3.63) is 52.8 Å². The fraction of sp³-hybridized carbons (Fsp3) is 0.435. The predicted molar refractivity (Wildman–Crippen MR) is 117 cm³/mol. The van der Waals surface area contributed by atoms with E-state index in [-0.39, 0.29) is 17.7 Å². The molecule has 8 heteroatoms. The van der Waals surface area contributed by atoms with E-state index in [2.05, 4.69) is 17.1 Å². The van der Waals surface area contributed by atoms with Gasteiger partial charge in [0.1, 0.15) is 5.60 Å². The first kappa shape index (κ1) is 20.3. The second-order valence-corrected chi connectivity index (χ2v) is 9.13. The van der Waals surface area contributed by atoms with Gasteiger partial charge in [0.25, 0.3) is 11.8 Å². The number of aliphatic hydroxyl groups is 1. The molecule has 2 aromatic rings. The number of allylic oxidation sites excluding steroid dienone is 2. The van der Waals surface area contributed by atoms with Crippen LogP contribution < -0.4 is 0 Å². The topological polar surface area (TPSA) is 78.7 Å². The van der Waals surface area contributed by atoms with Crippen molar-refractivity contribution in [1.82, 2.24) is 19.4 Å². The van der Waals surface area contributed by atoms with Crippen molar-refractivity contribution in [2.24, 2.45) is 7.05 Å². The quantitative estimate of drug-likeness (QED) is 0.794. The van der Waals surface area contributed by atoms with Gasteiger partial charge in [-0.2, -0.15) is 0 Å². The molecule has 1 N–H and O–H groups in total. The molecule has 2 heterocycles. The van der Waals surface area contributed by atoms with E-state index in [0.717, 1.165) is 16.6 Å². The van der Waals surface area contributed by atoms with E-state index >= 15 is 0 Å². The number of amides is 2. The SMILES string of the molecule is Cn1cnc2cc(C3CC=C(C(=O)N4CCN(C(=O)C5(O)CC5)CC4)C=C3Cl)ccc21. The molecular weight excluding hydrogens is 416 g/mol. The lowest BCUT2D eigenvalue weighted by Gasteiger charge is -2.36. The molecule has 31 heavy (non-hydrogen) atoms. The number of carbonyl (C=O) groups excluding carboxylic acids is 2. The second-order valence-electron chi connectivity index (χ2n) is 8.70. The lowest BCUT2D eigenvalue weighted by molar-refractivity contribution is -0.146. The highest BCUT2D eigenvalue weighted by Gasteiger charge is 2.50. The highest BCUT2D eigenvalue weighted by Crippen LogP contribution is 2.38. The minimum atomic E-state index is -1.15. The predicted octanol–water partition coefficient (Wildman–Crippen LogP) is 2.31. The third-order valence-electron chi connectivity index (χ3n) is 6.57. The Hall–Kier alpha value is -2.64. The average Bonchev–Trinajstić information content (AvgIpc) is 3.44. The molecule has 0 spiro atoms. The summed E-state index contributed by atoms with van der Waals surface area (Å²) in [6.07, 6.45) is 7.24. The number of fused-ring (bicyclic) bond motifs is 1. The summed E-state index contributed by atoms with van der Waals surface area (Å²) in [5.41, 5.74) is 2.53.